The highest BCUT2D eigenvalue weighted by molar-refractivity contribution is 8.00. The average molecular weight is 420 g/mol. The van der Waals surface area contributed by atoms with Crippen LogP contribution in [0.5, 0.6) is 0 Å². The van der Waals surface area contributed by atoms with Crippen LogP contribution in [0.4, 0.5) is 5.69 Å². The molecule has 0 spiro atoms. The maximum Gasteiger partial charge on any atom is 0.237 e. The molecule has 1 saturated heterocycles. The zero-order valence-electron chi connectivity index (χ0n) is 17.4. The fourth-order valence-electron chi connectivity index (χ4n) is 3.86. The highest BCUT2D eigenvalue weighted by atomic mass is 32.2. The number of nitrogens with zero attached hydrogens (tertiary/aromatic N) is 4. The Morgan fingerprint density at radius 2 is 1.90 bits per heavy atom. The number of fused-ring (bicyclic) bond motifs is 1. The quantitative estimate of drug-likeness (QED) is 0.584. The van der Waals surface area contributed by atoms with E-state index in [9.17, 15) is 9.59 Å². The van der Waals surface area contributed by atoms with E-state index in [2.05, 4.69) is 27.0 Å². The Morgan fingerprint density at radius 1 is 1.14 bits per heavy atom. The highest BCUT2D eigenvalue weighted by Crippen LogP contribution is 2.33. The predicted molar refractivity (Wildman–Crippen MR) is 117 cm³/mol. The molecule has 0 unspecified atom stereocenters. The first-order chi connectivity index (χ1) is 14.2. The molecule has 0 bridgehead atoms. The van der Waals surface area contributed by atoms with Gasteiger partial charge in [-0.25, -0.2) is 4.98 Å². The zero-order chi connectivity index (χ0) is 20.5. The molecule has 1 aromatic rings. The van der Waals surface area contributed by atoms with E-state index in [1.807, 2.05) is 12.1 Å². The Labute approximate surface area is 178 Å². The van der Waals surface area contributed by atoms with Gasteiger partial charge in [-0.05, 0) is 44.5 Å². The van der Waals surface area contributed by atoms with E-state index in [1.54, 1.807) is 11.1 Å². The van der Waals surface area contributed by atoms with Crippen molar-refractivity contribution in [3.8, 4) is 0 Å². The number of pyridine rings is 1. The SMILES string of the molecule is CCCN1CCN(CCCNC(=O)CCCN2C(=O)CSc3ncccc32)CC1. The summed E-state index contributed by atoms with van der Waals surface area (Å²) in [7, 11) is 0. The van der Waals surface area contributed by atoms with Gasteiger partial charge in [0.2, 0.25) is 11.8 Å². The maximum atomic E-state index is 12.2. The van der Waals surface area contributed by atoms with Crippen molar-refractivity contribution in [1.82, 2.24) is 20.1 Å². The first-order valence-corrected chi connectivity index (χ1v) is 11.8. The second kappa shape index (κ2) is 11.5. The Hall–Kier alpha value is -1.64. The van der Waals surface area contributed by atoms with Gasteiger partial charge in [0.25, 0.3) is 0 Å². The number of hydrogen-bond donors (Lipinski definition) is 1. The van der Waals surface area contributed by atoms with Crippen LogP contribution in [-0.2, 0) is 9.59 Å². The van der Waals surface area contributed by atoms with Crippen LogP contribution in [0.15, 0.2) is 23.4 Å². The Balaban J connectivity index is 1.28. The molecule has 0 saturated carbocycles. The number of anilines is 1. The second-order valence-corrected chi connectivity index (χ2v) is 8.62. The van der Waals surface area contributed by atoms with Crippen LogP contribution in [0.3, 0.4) is 0 Å². The molecule has 0 aliphatic carbocycles. The normalized spacial score (nSPS) is 18.0. The van der Waals surface area contributed by atoms with E-state index < -0.39 is 0 Å². The molecular weight excluding hydrogens is 386 g/mol. The number of rotatable bonds is 10. The van der Waals surface area contributed by atoms with E-state index in [0.29, 0.717) is 25.1 Å². The molecule has 7 nitrogen and oxygen atoms in total. The number of amides is 2. The summed E-state index contributed by atoms with van der Waals surface area (Å²) < 4.78 is 0. The van der Waals surface area contributed by atoms with E-state index in [4.69, 9.17) is 0 Å². The minimum Gasteiger partial charge on any atom is -0.356 e. The fraction of sp³-hybridized carbons (Fsp3) is 0.667. The Morgan fingerprint density at radius 3 is 2.66 bits per heavy atom. The highest BCUT2D eigenvalue weighted by Gasteiger charge is 2.25. The molecule has 0 aromatic carbocycles. The van der Waals surface area contributed by atoms with Gasteiger partial charge in [-0.3, -0.25) is 9.59 Å². The van der Waals surface area contributed by atoms with Crippen molar-refractivity contribution in [3.63, 3.8) is 0 Å². The third-order valence-electron chi connectivity index (χ3n) is 5.44. The summed E-state index contributed by atoms with van der Waals surface area (Å²) in [6, 6.07) is 3.77. The van der Waals surface area contributed by atoms with E-state index >= 15 is 0 Å². The number of piperazine rings is 1. The third-order valence-corrected chi connectivity index (χ3v) is 6.42. The first kappa shape index (κ1) is 22.1. The fourth-order valence-corrected chi connectivity index (χ4v) is 4.73. The van der Waals surface area contributed by atoms with Gasteiger partial charge in [0, 0.05) is 51.9 Å². The van der Waals surface area contributed by atoms with Crippen molar-refractivity contribution in [3.05, 3.63) is 18.3 Å². The molecular formula is C21H33N5O2S. The lowest BCUT2D eigenvalue weighted by molar-refractivity contribution is -0.121. The number of hydrogen-bond acceptors (Lipinski definition) is 6. The number of aromatic nitrogens is 1. The monoisotopic (exact) mass is 419 g/mol. The second-order valence-electron chi connectivity index (χ2n) is 7.65. The summed E-state index contributed by atoms with van der Waals surface area (Å²) in [5.74, 6) is 0.584. The number of nitrogens with one attached hydrogen (secondary N) is 1. The smallest absolute Gasteiger partial charge is 0.237 e. The zero-order valence-corrected chi connectivity index (χ0v) is 18.3. The number of carbonyl (C=O) groups is 2. The van der Waals surface area contributed by atoms with Gasteiger partial charge in [0.05, 0.1) is 11.4 Å². The molecule has 1 aromatic heterocycles. The summed E-state index contributed by atoms with van der Waals surface area (Å²) in [5, 5.41) is 3.92. The van der Waals surface area contributed by atoms with E-state index in [0.717, 1.165) is 56.4 Å². The molecule has 2 aliphatic heterocycles. The third kappa shape index (κ3) is 6.69. The molecule has 29 heavy (non-hydrogen) atoms. The van der Waals surface area contributed by atoms with Crippen molar-refractivity contribution in [2.24, 2.45) is 0 Å². The summed E-state index contributed by atoms with van der Waals surface area (Å²) >= 11 is 1.48. The standard InChI is InChI=1S/C21H33N5O2S/c1-2-10-24-13-15-25(16-14-24)11-5-9-22-19(27)7-4-12-26-18-6-3-8-23-21(18)29-17-20(26)28/h3,6,8H,2,4-5,7,9-17H2,1H3,(H,22,27). The van der Waals surface area contributed by atoms with Gasteiger partial charge < -0.3 is 20.0 Å². The summed E-state index contributed by atoms with van der Waals surface area (Å²) in [6.45, 7) is 10.3. The molecule has 160 valence electrons. The molecule has 3 rings (SSSR count). The molecule has 1 fully saturated rings. The van der Waals surface area contributed by atoms with Crippen LogP contribution in [0, 0.1) is 0 Å². The first-order valence-electron chi connectivity index (χ1n) is 10.8. The molecule has 0 atom stereocenters. The van der Waals surface area contributed by atoms with Crippen LogP contribution in [0.2, 0.25) is 0 Å². The van der Waals surface area contributed by atoms with Gasteiger partial charge in [-0.1, -0.05) is 18.7 Å². The summed E-state index contributed by atoms with van der Waals surface area (Å²) in [5.41, 5.74) is 0.869. The summed E-state index contributed by atoms with van der Waals surface area (Å²) in [6.07, 6.45) is 5.07. The van der Waals surface area contributed by atoms with E-state index in [1.165, 1.54) is 24.7 Å². The van der Waals surface area contributed by atoms with Gasteiger partial charge in [-0.15, -0.1) is 0 Å². The van der Waals surface area contributed by atoms with Crippen molar-refractivity contribution in [2.45, 2.75) is 37.6 Å². The lowest BCUT2D eigenvalue weighted by Crippen LogP contribution is -2.47. The number of carbonyl (C=O) groups excluding carboxylic acids is 2. The maximum absolute atomic E-state index is 12.2. The van der Waals surface area contributed by atoms with E-state index in [-0.39, 0.29) is 11.8 Å². The molecule has 3 heterocycles. The van der Waals surface area contributed by atoms with Crippen LogP contribution >= 0.6 is 11.8 Å². The van der Waals surface area contributed by atoms with Gasteiger partial charge in [-0.2, -0.15) is 0 Å². The Kier molecular flexibility index (Phi) is 8.76. The molecule has 1 N–H and O–H groups in total. The van der Waals surface area contributed by atoms with Crippen molar-refractivity contribution >= 4 is 29.3 Å². The number of thioether (sulfide) groups is 1. The molecule has 2 aliphatic rings. The molecule has 8 heteroatoms. The van der Waals surface area contributed by atoms with Gasteiger partial charge in [0.1, 0.15) is 5.03 Å². The van der Waals surface area contributed by atoms with Crippen LogP contribution in [0.25, 0.3) is 0 Å². The summed E-state index contributed by atoms with van der Waals surface area (Å²) in [4.78, 5) is 35.5. The minimum atomic E-state index is 0.0722. The largest absolute Gasteiger partial charge is 0.356 e. The van der Waals surface area contributed by atoms with Gasteiger partial charge >= 0.3 is 0 Å². The lowest BCUT2D eigenvalue weighted by Gasteiger charge is -2.34. The van der Waals surface area contributed by atoms with Crippen molar-refractivity contribution in [2.75, 3.05) is 63.0 Å². The lowest BCUT2D eigenvalue weighted by atomic mass is 10.2. The van der Waals surface area contributed by atoms with Crippen molar-refractivity contribution < 1.29 is 9.59 Å². The van der Waals surface area contributed by atoms with Crippen LogP contribution in [-0.4, -0.2) is 84.7 Å². The topological polar surface area (TPSA) is 68.8 Å². The Bertz CT molecular complexity index is 679. The van der Waals surface area contributed by atoms with Crippen LogP contribution in [0.1, 0.15) is 32.6 Å². The minimum absolute atomic E-state index is 0.0722. The molecule has 2 amide bonds. The van der Waals surface area contributed by atoms with Crippen molar-refractivity contribution in [1.29, 1.82) is 0 Å². The molecule has 0 radical (unpaired) electrons. The van der Waals surface area contributed by atoms with Gasteiger partial charge in [0.15, 0.2) is 0 Å². The average Bonchev–Trinajstić information content (AvgIpc) is 2.74. The predicted octanol–water partition coefficient (Wildman–Crippen LogP) is 1.83. The van der Waals surface area contributed by atoms with Crippen LogP contribution < -0.4 is 10.2 Å².